The Morgan fingerprint density at radius 1 is 0.885 bits per heavy atom. The van der Waals surface area contributed by atoms with Gasteiger partial charge in [-0.15, -0.1) is 0 Å². The highest BCUT2D eigenvalue weighted by molar-refractivity contribution is 7.86. The average Bonchev–Trinajstić information content (AvgIpc) is 3.17. The Kier molecular flexibility index (Phi) is 4.98. The van der Waals surface area contributed by atoms with Gasteiger partial charge in [-0.3, -0.25) is 4.79 Å². The van der Waals surface area contributed by atoms with Crippen molar-refractivity contribution in [2.45, 2.75) is 13.2 Å². The van der Waals surface area contributed by atoms with Crippen molar-refractivity contribution >= 4 is 16.1 Å². The second-order valence-corrected chi connectivity index (χ2v) is 8.57. The van der Waals surface area contributed by atoms with Crippen LogP contribution in [0.3, 0.4) is 0 Å². The molecule has 26 heavy (non-hydrogen) atoms. The van der Waals surface area contributed by atoms with Crippen molar-refractivity contribution in [2.75, 3.05) is 52.5 Å². The summed E-state index contributed by atoms with van der Waals surface area (Å²) >= 11 is 0. The van der Waals surface area contributed by atoms with Crippen molar-refractivity contribution in [2.24, 2.45) is 0 Å². The minimum absolute atomic E-state index is 0.0456. The molecule has 4 rings (SSSR count). The Hall–Kier alpha value is -1.52. The summed E-state index contributed by atoms with van der Waals surface area (Å²) in [4.78, 5) is 14.6. The van der Waals surface area contributed by atoms with E-state index in [9.17, 15) is 13.2 Å². The maximum atomic E-state index is 12.9. The number of nitrogens with zero attached hydrogens (tertiary/aromatic N) is 3. The molecule has 142 valence electrons. The zero-order valence-corrected chi connectivity index (χ0v) is 15.4. The molecule has 8 nitrogen and oxygen atoms in total. The van der Waals surface area contributed by atoms with Crippen LogP contribution in [0.4, 0.5) is 0 Å². The fourth-order valence-electron chi connectivity index (χ4n) is 3.64. The largest absolute Gasteiger partial charge is 0.379 e. The van der Waals surface area contributed by atoms with Crippen LogP contribution in [0.5, 0.6) is 0 Å². The van der Waals surface area contributed by atoms with E-state index in [-0.39, 0.29) is 5.91 Å². The number of carbonyl (C=O) groups excluding carboxylic acids is 1. The molecule has 0 spiro atoms. The zero-order chi connectivity index (χ0) is 18.1. The molecule has 9 heteroatoms. The first kappa shape index (κ1) is 17.9. The summed E-state index contributed by atoms with van der Waals surface area (Å²) in [6.07, 6.45) is 0. The highest BCUT2D eigenvalue weighted by Crippen LogP contribution is 2.25. The maximum Gasteiger partial charge on any atom is 0.282 e. The van der Waals surface area contributed by atoms with Gasteiger partial charge in [-0.25, -0.2) is 0 Å². The van der Waals surface area contributed by atoms with Crippen LogP contribution in [0.1, 0.15) is 21.5 Å². The molecule has 0 atom stereocenters. The number of piperazine rings is 1. The number of rotatable bonds is 3. The van der Waals surface area contributed by atoms with Gasteiger partial charge in [0.15, 0.2) is 0 Å². The first-order chi connectivity index (χ1) is 12.6. The normalized spacial score (nSPS) is 22.4. The molecule has 0 N–H and O–H groups in total. The van der Waals surface area contributed by atoms with Gasteiger partial charge in [-0.05, 0) is 17.2 Å². The minimum atomic E-state index is -3.48. The third-order valence-electron chi connectivity index (χ3n) is 5.16. The van der Waals surface area contributed by atoms with Crippen molar-refractivity contribution in [1.82, 2.24) is 13.5 Å². The molecule has 1 aromatic carbocycles. The topological polar surface area (TPSA) is 79.4 Å². The number of amides is 1. The van der Waals surface area contributed by atoms with Gasteiger partial charge in [0, 0.05) is 44.8 Å². The van der Waals surface area contributed by atoms with Crippen molar-refractivity contribution in [1.29, 1.82) is 0 Å². The first-order valence-electron chi connectivity index (χ1n) is 8.88. The summed E-state index contributed by atoms with van der Waals surface area (Å²) in [6, 6.07) is 5.68. The van der Waals surface area contributed by atoms with Crippen molar-refractivity contribution in [3.8, 4) is 0 Å². The molecular weight excluding hydrogens is 358 g/mol. The van der Waals surface area contributed by atoms with Crippen LogP contribution in [-0.2, 0) is 32.9 Å². The molecule has 1 aromatic rings. The quantitative estimate of drug-likeness (QED) is 0.739. The number of ether oxygens (including phenoxy) is 2. The summed E-state index contributed by atoms with van der Waals surface area (Å²) in [5.74, 6) is -0.0456. The van der Waals surface area contributed by atoms with Crippen LogP contribution in [0.15, 0.2) is 18.2 Å². The molecule has 0 saturated carbocycles. The van der Waals surface area contributed by atoms with Crippen molar-refractivity contribution in [3.05, 3.63) is 34.9 Å². The van der Waals surface area contributed by atoms with E-state index >= 15 is 0 Å². The average molecular weight is 381 g/mol. The van der Waals surface area contributed by atoms with E-state index in [1.54, 1.807) is 4.90 Å². The minimum Gasteiger partial charge on any atom is -0.379 e. The lowest BCUT2D eigenvalue weighted by Crippen LogP contribution is -2.55. The lowest BCUT2D eigenvalue weighted by Gasteiger charge is -2.37. The number of carbonyl (C=O) groups is 1. The number of hydrogen-bond acceptors (Lipinski definition) is 5. The Balaban J connectivity index is 1.42. The van der Waals surface area contributed by atoms with E-state index in [0.717, 1.165) is 11.1 Å². The SMILES string of the molecule is O=C(c1cccc2c1COC2)N1CCN(S(=O)(=O)N2CCOCC2)CC1. The molecule has 0 bridgehead atoms. The van der Waals surface area contributed by atoms with Crippen LogP contribution < -0.4 is 0 Å². The number of hydrogen-bond donors (Lipinski definition) is 0. The van der Waals surface area contributed by atoms with E-state index in [4.69, 9.17) is 9.47 Å². The van der Waals surface area contributed by atoms with Gasteiger partial charge in [0.25, 0.3) is 16.1 Å². The van der Waals surface area contributed by atoms with Crippen molar-refractivity contribution < 1.29 is 22.7 Å². The Bertz CT molecular complexity index is 784. The van der Waals surface area contributed by atoms with Gasteiger partial charge in [-0.1, -0.05) is 12.1 Å². The number of morpholine rings is 1. The van der Waals surface area contributed by atoms with Crippen LogP contribution in [0.25, 0.3) is 0 Å². The molecule has 3 heterocycles. The van der Waals surface area contributed by atoms with Gasteiger partial charge in [0.1, 0.15) is 0 Å². The second kappa shape index (κ2) is 7.24. The molecule has 3 aliphatic rings. The standard InChI is InChI=1S/C17H23N3O5S/c21-17(15-3-1-2-14-12-25-13-16(14)15)18-4-6-19(7-5-18)26(22,23)20-8-10-24-11-9-20/h1-3H,4-13H2. The highest BCUT2D eigenvalue weighted by Gasteiger charge is 2.35. The third-order valence-corrected chi connectivity index (χ3v) is 7.19. The maximum absolute atomic E-state index is 12.9. The fraction of sp³-hybridized carbons (Fsp3) is 0.588. The van der Waals surface area contributed by atoms with Gasteiger partial charge < -0.3 is 14.4 Å². The van der Waals surface area contributed by atoms with Gasteiger partial charge in [0.2, 0.25) is 0 Å². The summed E-state index contributed by atoms with van der Waals surface area (Å²) < 4.78 is 39.1. The molecule has 3 aliphatic heterocycles. The number of fused-ring (bicyclic) bond motifs is 1. The molecule has 2 fully saturated rings. The molecule has 0 aromatic heterocycles. The van der Waals surface area contributed by atoms with Crippen molar-refractivity contribution in [3.63, 3.8) is 0 Å². The predicted octanol–water partition coefficient (Wildman–Crippen LogP) is 0.0516. The van der Waals surface area contributed by atoms with Gasteiger partial charge >= 0.3 is 0 Å². The lowest BCUT2D eigenvalue weighted by atomic mass is 10.0. The van der Waals surface area contributed by atoms with E-state index in [2.05, 4.69) is 0 Å². The first-order valence-corrected chi connectivity index (χ1v) is 10.3. The third kappa shape index (κ3) is 3.25. The second-order valence-electron chi connectivity index (χ2n) is 6.65. The van der Waals surface area contributed by atoms with Crippen LogP contribution in [0, 0.1) is 0 Å². The molecule has 2 saturated heterocycles. The summed E-state index contributed by atoms with van der Waals surface area (Å²) in [7, 11) is -3.48. The van der Waals surface area contributed by atoms with E-state index in [0.29, 0.717) is 71.3 Å². The summed E-state index contributed by atoms with van der Waals surface area (Å²) in [6.45, 7) is 4.06. The monoisotopic (exact) mass is 381 g/mol. The van der Waals surface area contributed by atoms with E-state index in [1.807, 2.05) is 18.2 Å². The predicted molar refractivity (Wildman–Crippen MR) is 93.7 cm³/mol. The van der Waals surface area contributed by atoms with E-state index < -0.39 is 10.2 Å². The van der Waals surface area contributed by atoms with Gasteiger partial charge in [0.05, 0.1) is 26.4 Å². The fourth-order valence-corrected chi connectivity index (χ4v) is 5.20. The zero-order valence-electron chi connectivity index (χ0n) is 14.6. The molecule has 0 unspecified atom stereocenters. The Morgan fingerprint density at radius 2 is 1.58 bits per heavy atom. The molecule has 0 aliphatic carbocycles. The van der Waals surface area contributed by atoms with Crippen LogP contribution >= 0.6 is 0 Å². The summed E-state index contributed by atoms with van der Waals surface area (Å²) in [5.41, 5.74) is 2.69. The van der Waals surface area contributed by atoms with Crippen LogP contribution in [-0.4, -0.2) is 80.3 Å². The smallest absolute Gasteiger partial charge is 0.282 e. The molecular formula is C17H23N3O5S. The summed E-state index contributed by atoms with van der Waals surface area (Å²) in [5, 5.41) is 0. The van der Waals surface area contributed by atoms with Gasteiger partial charge in [-0.2, -0.15) is 17.0 Å². The van der Waals surface area contributed by atoms with E-state index in [1.165, 1.54) is 8.61 Å². The number of benzene rings is 1. The lowest BCUT2D eigenvalue weighted by molar-refractivity contribution is 0.0634. The molecule has 1 amide bonds. The van der Waals surface area contributed by atoms with Crippen LogP contribution in [0.2, 0.25) is 0 Å². The Labute approximate surface area is 153 Å². The highest BCUT2D eigenvalue weighted by atomic mass is 32.2. The molecule has 0 radical (unpaired) electrons. The Morgan fingerprint density at radius 3 is 2.31 bits per heavy atom.